The van der Waals surface area contributed by atoms with Crippen LogP contribution >= 0.6 is 0 Å². The highest BCUT2D eigenvalue weighted by molar-refractivity contribution is 5.86. The van der Waals surface area contributed by atoms with Crippen molar-refractivity contribution in [3.05, 3.63) is 66.5 Å². The third-order valence-electron chi connectivity index (χ3n) is 2.58. The molecule has 0 fully saturated rings. The van der Waals surface area contributed by atoms with Crippen LogP contribution in [0.1, 0.15) is 11.1 Å². The molecule has 0 atom stereocenters. The second-order valence-corrected chi connectivity index (χ2v) is 3.94. The number of amides is 1. The van der Waals surface area contributed by atoms with E-state index in [-0.39, 0.29) is 5.91 Å². The van der Waals surface area contributed by atoms with E-state index in [1.54, 1.807) is 6.20 Å². The largest absolute Gasteiger partial charge is 0.348 e. The van der Waals surface area contributed by atoms with Crippen LogP contribution in [0.15, 0.2) is 55.4 Å². The van der Waals surface area contributed by atoms with Gasteiger partial charge in [-0.3, -0.25) is 9.48 Å². The molecule has 4 heteroatoms. The van der Waals surface area contributed by atoms with Gasteiger partial charge in [-0.2, -0.15) is 5.10 Å². The van der Waals surface area contributed by atoms with E-state index in [4.69, 9.17) is 0 Å². The van der Waals surface area contributed by atoms with Crippen molar-refractivity contribution >= 4 is 5.91 Å². The molecule has 4 nitrogen and oxygen atoms in total. The molecule has 0 unspecified atom stereocenters. The summed E-state index contributed by atoms with van der Waals surface area (Å²) in [4.78, 5) is 11.0. The van der Waals surface area contributed by atoms with Crippen molar-refractivity contribution in [2.45, 2.75) is 13.1 Å². The Kier molecular flexibility index (Phi) is 3.91. The quantitative estimate of drug-likeness (QED) is 0.810. The molecule has 92 valence electrons. The Bertz CT molecular complexity index is 514. The van der Waals surface area contributed by atoms with Crippen molar-refractivity contribution < 1.29 is 4.79 Å². The second-order valence-electron chi connectivity index (χ2n) is 3.94. The Morgan fingerprint density at radius 1 is 1.33 bits per heavy atom. The zero-order valence-corrected chi connectivity index (χ0v) is 10.0. The summed E-state index contributed by atoms with van der Waals surface area (Å²) in [5, 5.41) is 6.89. The molecule has 0 saturated carbocycles. The Morgan fingerprint density at radius 2 is 2.06 bits per heavy atom. The molecule has 0 radical (unpaired) electrons. The highest BCUT2D eigenvalue weighted by Gasteiger charge is 1.98. The number of rotatable bonds is 5. The number of carbonyl (C=O) groups excluding carboxylic acids is 1. The summed E-state index contributed by atoms with van der Waals surface area (Å²) in [5.41, 5.74) is 2.24. The van der Waals surface area contributed by atoms with Crippen molar-refractivity contribution in [3.63, 3.8) is 0 Å². The summed E-state index contributed by atoms with van der Waals surface area (Å²) in [6.07, 6.45) is 4.96. The minimum atomic E-state index is -0.157. The van der Waals surface area contributed by atoms with Gasteiger partial charge in [0.1, 0.15) is 0 Å². The van der Waals surface area contributed by atoms with Crippen LogP contribution < -0.4 is 5.32 Å². The van der Waals surface area contributed by atoms with E-state index in [0.29, 0.717) is 6.54 Å². The van der Waals surface area contributed by atoms with Gasteiger partial charge in [0.25, 0.3) is 0 Å². The van der Waals surface area contributed by atoms with Crippen LogP contribution in [-0.4, -0.2) is 15.7 Å². The first-order chi connectivity index (χ1) is 8.78. The van der Waals surface area contributed by atoms with Crippen molar-refractivity contribution in [2.24, 2.45) is 0 Å². The number of carbonyl (C=O) groups is 1. The average molecular weight is 241 g/mol. The van der Waals surface area contributed by atoms with Crippen LogP contribution in [0.2, 0.25) is 0 Å². The third kappa shape index (κ3) is 3.31. The number of benzene rings is 1. The standard InChI is InChI=1S/C14H15N3O/c1-2-14(18)15-10-12-4-6-13(7-5-12)11-17-9-3-8-16-17/h2-9H,1,10-11H2,(H,15,18). The summed E-state index contributed by atoms with van der Waals surface area (Å²) in [5.74, 6) is -0.157. The maximum absolute atomic E-state index is 11.0. The molecule has 0 spiro atoms. The summed E-state index contributed by atoms with van der Waals surface area (Å²) < 4.78 is 1.87. The van der Waals surface area contributed by atoms with Gasteiger partial charge in [0, 0.05) is 18.9 Å². The fraction of sp³-hybridized carbons (Fsp3) is 0.143. The minimum absolute atomic E-state index is 0.157. The lowest BCUT2D eigenvalue weighted by molar-refractivity contribution is -0.116. The molecule has 2 aromatic rings. The van der Waals surface area contributed by atoms with Gasteiger partial charge < -0.3 is 5.32 Å². The lowest BCUT2D eigenvalue weighted by atomic mass is 10.1. The van der Waals surface area contributed by atoms with Crippen molar-refractivity contribution in [1.29, 1.82) is 0 Å². The van der Waals surface area contributed by atoms with Crippen LogP contribution in [0, 0.1) is 0 Å². The van der Waals surface area contributed by atoms with E-state index in [1.807, 2.05) is 41.2 Å². The van der Waals surface area contributed by atoms with Crippen LogP contribution in [0.3, 0.4) is 0 Å². The summed E-state index contributed by atoms with van der Waals surface area (Å²) in [6, 6.07) is 9.98. The van der Waals surface area contributed by atoms with Gasteiger partial charge in [-0.05, 0) is 23.3 Å². The van der Waals surface area contributed by atoms with E-state index >= 15 is 0 Å². The normalized spacial score (nSPS) is 10.0. The second kappa shape index (κ2) is 5.82. The molecule has 2 rings (SSSR count). The maximum atomic E-state index is 11.0. The zero-order valence-electron chi connectivity index (χ0n) is 10.0. The van der Waals surface area contributed by atoms with E-state index in [0.717, 1.165) is 12.1 Å². The fourth-order valence-electron chi connectivity index (χ4n) is 1.60. The first kappa shape index (κ1) is 12.1. The van der Waals surface area contributed by atoms with Crippen LogP contribution in [0.25, 0.3) is 0 Å². The molecule has 1 N–H and O–H groups in total. The molecular formula is C14H15N3O. The Morgan fingerprint density at radius 3 is 2.67 bits per heavy atom. The van der Waals surface area contributed by atoms with Gasteiger partial charge in [0.05, 0.1) is 6.54 Å². The molecule has 18 heavy (non-hydrogen) atoms. The third-order valence-corrected chi connectivity index (χ3v) is 2.58. The summed E-state index contributed by atoms with van der Waals surface area (Å²) in [6.45, 7) is 4.68. The molecule has 1 heterocycles. The molecule has 0 aliphatic heterocycles. The SMILES string of the molecule is C=CC(=O)NCc1ccc(Cn2cccn2)cc1. The van der Waals surface area contributed by atoms with Crippen molar-refractivity contribution in [1.82, 2.24) is 15.1 Å². The van der Waals surface area contributed by atoms with E-state index in [9.17, 15) is 4.79 Å². The molecule has 0 saturated heterocycles. The first-order valence-corrected chi connectivity index (χ1v) is 5.73. The predicted octanol–water partition coefficient (Wildman–Crippen LogP) is 1.73. The number of nitrogens with zero attached hydrogens (tertiary/aromatic N) is 2. The maximum Gasteiger partial charge on any atom is 0.243 e. The molecule has 1 aromatic heterocycles. The molecule has 1 aromatic carbocycles. The number of nitrogens with one attached hydrogen (secondary N) is 1. The van der Waals surface area contributed by atoms with Crippen LogP contribution in [0.5, 0.6) is 0 Å². The first-order valence-electron chi connectivity index (χ1n) is 5.73. The summed E-state index contributed by atoms with van der Waals surface area (Å²) >= 11 is 0. The van der Waals surface area contributed by atoms with Crippen molar-refractivity contribution in [2.75, 3.05) is 0 Å². The lowest BCUT2D eigenvalue weighted by Gasteiger charge is -2.05. The molecule has 0 bridgehead atoms. The van der Waals surface area contributed by atoms with Gasteiger partial charge in [0.15, 0.2) is 0 Å². The van der Waals surface area contributed by atoms with E-state index in [2.05, 4.69) is 17.0 Å². The smallest absolute Gasteiger partial charge is 0.243 e. The molecular weight excluding hydrogens is 226 g/mol. The number of hydrogen-bond donors (Lipinski definition) is 1. The van der Waals surface area contributed by atoms with E-state index in [1.165, 1.54) is 11.6 Å². The Hall–Kier alpha value is -2.36. The van der Waals surface area contributed by atoms with Gasteiger partial charge in [-0.15, -0.1) is 0 Å². The van der Waals surface area contributed by atoms with Crippen LogP contribution in [-0.2, 0) is 17.9 Å². The average Bonchev–Trinajstić information content (AvgIpc) is 2.90. The highest BCUT2D eigenvalue weighted by Crippen LogP contribution is 2.06. The monoisotopic (exact) mass is 241 g/mol. The molecule has 0 aliphatic carbocycles. The number of hydrogen-bond acceptors (Lipinski definition) is 2. The molecule has 0 aliphatic rings. The lowest BCUT2D eigenvalue weighted by Crippen LogP contribution is -2.19. The fourth-order valence-corrected chi connectivity index (χ4v) is 1.60. The van der Waals surface area contributed by atoms with Gasteiger partial charge >= 0.3 is 0 Å². The topological polar surface area (TPSA) is 46.9 Å². The number of aromatic nitrogens is 2. The van der Waals surface area contributed by atoms with Gasteiger partial charge in [-0.25, -0.2) is 0 Å². The Balaban J connectivity index is 1.93. The van der Waals surface area contributed by atoms with Gasteiger partial charge in [0.2, 0.25) is 5.91 Å². The zero-order chi connectivity index (χ0) is 12.8. The van der Waals surface area contributed by atoms with Crippen molar-refractivity contribution in [3.8, 4) is 0 Å². The predicted molar refractivity (Wildman–Crippen MR) is 69.8 cm³/mol. The minimum Gasteiger partial charge on any atom is -0.348 e. The Labute approximate surface area is 106 Å². The molecule has 1 amide bonds. The summed E-state index contributed by atoms with van der Waals surface area (Å²) in [7, 11) is 0. The van der Waals surface area contributed by atoms with Gasteiger partial charge in [-0.1, -0.05) is 30.8 Å². The van der Waals surface area contributed by atoms with E-state index < -0.39 is 0 Å². The van der Waals surface area contributed by atoms with Crippen LogP contribution in [0.4, 0.5) is 0 Å². The highest BCUT2D eigenvalue weighted by atomic mass is 16.1.